The minimum atomic E-state index is 0.593. The molecular weight excluding hydrogens is 344 g/mol. The molecule has 0 spiro atoms. The minimum Gasteiger partial charge on any atom is -0.310 e. The van der Waals surface area contributed by atoms with Gasteiger partial charge in [0, 0.05) is 17.0 Å². The van der Waals surface area contributed by atoms with Gasteiger partial charge in [0.25, 0.3) is 0 Å². The predicted octanol–water partition coefficient (Wildman–Crippen LogP) is 4.74. The second-order valence-corrected chi connectivity index (χ2v) is 9.08. The van der Waals surface area contributed by atoms with E-state index in [1.54, 1.807) is 10.4 Å². The zero-order chi connectivity index (χ0) is 14.7. The third kappa shape index (κ3) is 4.10. The van der Waals surface area contributed by atoms with Crippen molar-refractivity contribution in [1.82, 2.24) is 10.2 Å². The number of hydrogen-bond donors (Lipinski definition) is 1. The monoisotopic (exact) mass is 370 g/mol. The first kappa shape index (κ1) is 16.0. The summed E-state index contributed by atoms with van der Waals surface area (Å²) in [7, 11) is 0. The van der Waals surface area contributed by atoms with E-state index in [1.807, 2.05) is 11.3 Å². The molecule has 1 saturated heterocycles. The minimum absolute atomic E-state index is 0.593. The quantitative estimate of drug-likeness (QED) is 0.752. The lowest BCUT2D eigenvalue weighted by atomic mass is 9.94. The molecule has 1 aromatic rings. The molecule has 1 N–H and O–H groups in total. The number of halogens is 1. The highest BCUT2D eigenvalue weighted by atomic mass is 79.9. The topological polar surface area (TPSA) is 15.3 Å². The number of fused-ring (bicyclic) bond motifs is 1. The molecule has 2 nitrogen and oxygen atoms in total. The maximum absolute atomic E-state index is 3.80. The van der Waals surface area contributed by atoms with Gasteiger partial charge in [0.05, 0.1) is 3.79 Å². The van der Waals surface area contributed by atoms with Gasteiger partial charge in [-0.25, -0.2) is 0 Å². The van der Waals surface area contributed by atoms with E-state index in [0.717, 1.165) is 12.6 Å². The predicted molar refractivity (Wildman–Crippen MR) is 95.2 cm³/mol. The van der Waals surface area contributed by atoms with Gasteiger partial charge < -0.3 is 10.2 Å². The highest BCUT2D eigenvalue weighted by Crippen LogP contribution is 2.37. The van der Waals surface area contributed by atoms with Crippen LogP contribution in [0, 0.1) is 0 Å². The summed E-state index contributed by atoms with van der Waals surface area (Å²) in [5.74, 6) is 0. The van der Waals surface area contributed by atoms with Crippen molar-refractivity contribution in [1.29, 1.82) is 0 Å². The molecule has 0 bridgehead atoms. The number of nitrogens with one attached hydrogen (secondary N) is 1. The second kappa shape index (κ2) is 7.58. The molecule has 0 radical (unpaired) electrons. The molecule has 0 aromatic carbocycles. The number of nitrogens with zero attached hydrogens (tertiary/aromatic N) is 1. The molecular formula is C17H27BrN2S. The van der Waals surface area contributed by atoms with Crippen LogP contribution in [0.5, 0.6) is 0 Å². The summed E-state index contributed by atoms with van der Waals surface area (Å²) in [5.41, 5.74) is 1.56. The number of aryl methyl sites for hydroxylation is 1. The van der Waals surface area contributed by atoms with Crippen molar-refractivity contribution < 1.29 is 0 Å². The zero-order valence-corrected chi connectivity index (χ0v) is 15.4. The van der Waals surface area contributed by atoms with Crippen LogP contribution in [0.25, 0.3) is 0 Å². The Bertz CT molecular complexity index is 460. The normalized spacial score (nSPS) is 26.8. The van der Waals surface area contributed by atoms with Gasteiger partial charge in [-0.15, -0.1) is 11.3 Å². The Morgan fingerprint density at radius 2 is 2.24 bits per heavy atom. The van der Waals surface area contributed by atoms with Crippen molar-refractivity contribution in [2.75, 3.05) is 19.6 Å². The fourth-order valence-electron chi connectivity index (χ4n) is 3.78. The molecule has 2 heterocycles. The van der Waals surface area contributed by atoms with Gasteiger partial charge in [0.1, 0.15) is 0 Å². The van der Waals surface area contributed by atoms with Crippen LogP contribution in [-0.2, 0) is 6.42 Å². The third-order valence-electron chi connectivity index (χ3n) is 5.04. The SMILES string of the molecule is CC1CCCCN1CCCNC1CCCc2sc(Br)cc21. The van der Waals surface area contributed by atoms with Crippen molar-refractivity contribution >= 4 is 27.3 Å². The molecule has 1 aromatic heterocycles. The van der Waals surface area contributed by atoms with Gasteiger partial charge in [-0.05, 0) is 92.6 Å². The highest BCUT2D eigenvalue weighted by molar-refractivity contribution is 9.11. The third-order valence-corrected chi connectivity index (χ3v) is 6.75. The summed E-state index contributed by atoms with van der Waals surface area (Å²) in [5, 5.41) is 3.80. The standard InChI is InChI=1S/C17H27BrN2S/c1-13-6-2-3-10-20(13)11-5-9-19-15-7-4-8-16-14(15)12-17(18)21-16/h12-13,15,19H,2-11H2,1H3. The van der Waals surface area contributed by atoms with Crippen molar-refractivity contribution in [3.8, 4) is 0 Å². The van der Waals surface area contributed by atoms with Crippen molar-refractivity contribution in [2.24, 2.45) is 0 Å². The molecule has 2 unspecified atom stereocenters. The Morgan fingerprint density at radius 1 is 1.33 bits per heavy atom. The largest absolute Gasteiger partial charge is 0.310 e. The molecule has 1 fully saturated rings. The van der Waals surface area contributed by atoms with E-state index in [9.17, 15) is 0 Å². The Kier molecular flexibility index (Phi) is 5.77. The summed E-state index contributed by atoms with van der Waals surface area (Å²) >= 11 is 5.57. The maximum atomic E-state index is 3.80. The molecule has 2 atom stereocenters. The van der Waals surface area contributed by atoms with Crippen LogP contribution in [0.1, 0.15) is 61.9 Å². The molecule has 4 heteroatoms. The van der Waals surface area contributed by atoms with Crippen LogP contribution < -0.4 is 5.32 Å². The van der Waals surface area contributed by atoms with E-state index in [-0.39, 0.29) is 0 Å². The maximum Gasteiger partial charge on any atom is 0.0704 e. The lowest BCUT2D eigenvalue weighted by Crippen LogP contribution is -2.39. The average molecular weight is 371 g/mol. The van der Waals surface area contributed by atoms with Crippen LogP contribution >= 0.6 is 27.3 Å². The fraction of sp³-hybridized carbons (Fsp3) is 0.765. The van der Waals surface area contributed by atoms with Crippen molar-refractivity contribution in [3.63, 3.8) is 0 Å². The molecule has 1 aliphatic carbocycles. The zero-order valence-electron chi connectivity index (χ0n) is 13.0. The van der Waals surface area contributed by atoms with Crippen molar-refractivity contribution in [3.05, 3.63) is 20.3 Å². The number of rotatable bonds is 5. The first-order valence-corrected chi connectivity index (χ1v) is 10.1. The Labute approximate surface area is 141 Å². The van der Waals surface area contributed by atoms with Gasteiger partial charge in [-0.1, -0.05) is 6.42 Å². The lowest BCUT2D eigenvalue weighted by Gasteiger charge is -2.33. The fourth-order valence-corrected chi connectivity index (χ4v) is 5.60. The van der Waals surface area contributed by atoms with E-state index in [4.69, 9.17) is 0 Å². The average Bonchev–Trinajstić information content (AvgIpc) is 2.86. The molecule has 3 rings (SSSR count). The smallest absolute Gasteiger partial charge is 0.0704 e. The molecule has 0 amide bonds. The second-order valence-electron chi connectivity index (χ2n) is 6.56. The van der Waals surface area contributed by atoms with Crippen molar-refractivity contribution in [2.45, 2.75) is 64.0 Å². The van der Waals surface area contributed by atoms with E-state index in [1.165, 1.54) is 61.8 Å². The number of hydrogen-bond acceptors (Lipinski definition) is 3. The highest BCUT2D eigenvalue weighted by Gasteiger charge is 2.22. The van der Waals surface area contributed by atoms with E-state index >= 15 is 0 Å². The van der Waals surface area contributed by atoms with Crippen LogP contribution in [0.2, 0.25) is 0 Å². The van der Waals surface area contributed by atoms with Gasteiger partial charge in [-0.2, -0.15) is 0 Å². The number of likely N-dealkylation sites (tertiary alicyclic amines) is 1. The lowest BCUT2D eigenvalue weighted by molar-refractivity contribution is 0.158. The van der Waals surface area contributed by atoms with E-state index in [2.05, 4.69) is 39.1 Å². The Hall–Kier alpha value is 0.100. The molecule has 0 saturated carbocycles. The number of thiophene rings is 1. The Balaban J connectivity index is 1.43. The molecule has 1 aliphatic heterocycles. The van der Waals surface area contributed by atoms with Gasteiger partial charge in [0.15, 0.2) is 0 Å². The summed E-state index contributed by atoms with van der Waals surface area (Å²) in [6.07, 6.45) is 9.40. The Morgan fingerprint density at radius 3 is 3.10 bits per heavy atom. The van der Waals surface area contributed by atoms with Gasteiger partial charge >= 0.3 is 0 Å². The molecule has 21 heavy (non-hydrogen) atoms. The van der Waals surface area contributed by atoms with Crippen LogP contribution in [0.3, 0.4) is 0 Å². The molecule has 2 aliphatic rings. The van der Waals surface area contributed by atoms with E-state index < -0.39 is 0 Å². The summed E-state index contributed by atoms with van der Waals surface area (Å²) in [6.45, 7) is 6.12. The molecule has 118 valence electrons. The van der Waals surface area contributed by atoms with Gasteiger partial charge in [0.2, 0.25) is 0 Å². The van der Waals surface area contributed by atoms with Gasteiger partial charge in [-0.3, -0.25) is 0 Å². The first-order chi connectivity index (χ1) is 10.2. The summed E-state index contributed by atoms with van der Waals surface area (Å²) in [4.78, 5) is 4.27. The summed E-state index contributed by atoms with van der Waals surface area (Å²) in [6, 6.07) is 3.73. The number of piperidine rings is 1. The van der Waals surface area contributed by atoms with Crippen LogP contribution in [0.15, 0.2) is 9.85 Å². The van der Waals surface area contributed by atoms with E-state index in [0.29, 0.717) is 6.04 Å². The van der Waals surface area contributed by atoms with Crippen LogP contribution in [0.4, 0.5) is 0 Å². The summed E-state index contributed by atoms with van der Waals surface area (Å²) < 4.78 is 1.29. The van der Waals surface area contributed by atoms with Crippen LogP contribution in [-0.4, -0.2) is 30.6 Å². The first-order valence-electron chi connectivity index (χ1n) is 8.49.